The molecule has 2 aromatic carbocycles. The zero-order valence-electron chi connectivity index (χ0n) is 19.4. The molecule has 3 N–H and O–H groups in total. The van der Waals surface area contributed by atoms with E-state index in [0.717, 1.165) is 30.9 Å². The SMILES string of the molecule is NC(=O)c1ccc(Oc2ccc(CCN(CCC(O)c3cccs3)Cc3ccccc3)cc2)nc1. The van der Waals surface area contributed by atoms with Crippen molar-refractivity contribution in [1.29, 1.82) is 0 Å². The predicted molar refractivity (Wildman–Crippen MR) is 139 cm³/mol. The average molecular weight is 488 g/mol. The minimum Gasteiger partial charge on any atom is -0.439 e. The highest BCUT2D eigenvalue weighted by Crippen LogP contribution is 2.23. The number of nitrogens with zero attached hydrogens (tertiary/aromatic N) is 2. The summed E-state index contributed by atoms with van der Waals surface area (Å²) in [5.74, 6) is 0.560. The van der Waals surface area contributed by atoms with Crippen LogP contribution in [0.3, 0.4) is 0 Å². The first-order valence-corrected chi connectivity index (χ1v) is 12.4. The second-order valence-corrected chi connectivity index (χ2v) is 9.31. The molecule has 0 radical (unpaired) electrons. The number of primary amides is 1. The lowest BCUT2D eigenvalue weighted by Gasteiger charge is -2.24. The van der Waals surface area contributed by atoms with Gasteiger partial charge in [0.05, 0.1) is 11.7 Å². The quantitative estimate of drug-likeness (QED) is 0.287. The normalized spacial score (nSPS) is 11.9. The van der Waals surface area contributed by atoms with Gasteiger partial charge in [-0.15, -0.1) is 11.3 Å². The fourth-order valence-electron chi connectivity index (χ4n) is 3.76. The summed E-state index contributed by atoms with van der Waals surface area (Å²) in [6.07, 6.45) is 2.55. The molecule has 0 aliphatic rings. The number of aliphatic hydroxyl groups excluding tert-OH is 1. The largest absolute Gasteiger partial charge is 0.439 e. The summed E-state index contributed by atoms with van der Waals surface area (Å²) < 4.78 is 5.77. The fraction of sp³-hybridized carbons (Fsp3) is 0.214. The smallest absolute Gasteiger partial charge is 0.250 e. The number of rotatable bonds is 12. The number of hydrogen-bond acceptors (Lipinski definition) is 6. The molecule has 4 rings (SSSR count). The van der Waals surface area contributed by atoms with Crippen LogP contribution in [0.1, 0.15) is 38.9 Å². The number of nitrogens with two attached hydrogens (primary N) is 1. The number of thiophene rings is 1. The van der Waals surface area contributed by atoms with E-state index >= 15 is 0 Å². The zero-order valence-corrected chi connectivity index (χ0v) is 20.2. The van der Waals surface area contributed by atoms with Crippen LogP contribution >= 0.6 is 11.3 Å². The summed E-state index contributed by atoms with van der Waals surface area (Å²) in [5.41, 5.74) is 8.05. The van der Waals surface area contributed by atoms with Gasteiger partial charge >= 0.3 is 0 Å². The van der Waals surface area contributed by atoms with Crippen molar-refractivity contribution in [3.63, 3.8) is 0 Å². The van der Waals surface area contributed by atoms with E-state index in [9.17, 15) is 9.90 Å². The average Bonchev–Trinajstić information content (AvgIpc) is 3.43. The molecule has 0 fully saturated rings. The highest BCUT2D eigenvalue weighted by atomic mass is 32.1. The molecule has 1 atom stereocenters. The van der Waals surface area contributed by atoms with Gasteiger partial charge in [0.15, 0.2) is 0 Å². The van der Waals surface area contributed by atoms with Gasteiger partial charge in [0.1, 0.15) is 5.75 Å². The van der Waals surface area contributed by atoms with E-state index in [2.05, 4.69) is 34.1 Å². The van der Waals surface area contributed by atoms with Gasteiger partial charge in [-0.2, -0.15) is 0 Å². The third kappa shape index (κ3) is 7.48. The van der Waals surface area contributed by atoms with Gasteiger partial charge in [-0.3, -0.25) is 9.69 Å². The maximum absolute atomic E-state index is 11.2. The molecule has 2 heterocycles. The van der Waals surface area contributed by atoms with Crippen molar-refractivity contribution >= 4 is 17.2 Å². The van der Waals surface area contributed by atoms with Gasteiger partial charge in [0.25, 0.3) is 0 Å². The lowest BCUT2D eigenvalue weighted by atomic mass is 10.1. The summed E-state index contributed by atoms with van der Waals surface area (Å²) >= 11 is 1.60. The van der Waals surface area contributed by atoms with Crippen molar-refractivity contribution in [2.45, 2.75) is 25.5 Å². The maximum Gasteiger partial charge on any atom is 0.250 e. The first-order valence-electron chi connectivity index (χ1n) is 11.6. The Morgan fingerprint density at radius 1 is 0.971 bits per heavy atom. The van der Waals surface area contributed by atoms with Gasteiger partial charge in [-0.25, -0.2) is 4.98 Å². The number of benzene rings is 2. The van der Waals surface area contributed by atoms with Crippen LogP contribution in [0.5, 0.6) is 11.6 Å². The van der Waals surface area contributed by atoms with E-state index < -0.39 is 12.0 Å². The number of ether oxygens (including phenoxy) is 1. The van der Waals surface area contributed by atoms with Gasteiger partial charge in [-0.05, 0) is 53.6 Å². The van der Waals surface area contributed by atoms with Gasteiger partial charge < -0.3 is 15.6 Å². The lowest BCUT2D eigenvalue weighted by molar-refractivity contribution is 0.1000. The highest BCUT2D eigenvalue weighted by molar-refractivity contribution is 7.10. The van der Waals surface area contributed by atoms with E-state index in [1.807, 2.05) is 47.8 Å². The van der Waals surface area contributed by atoms with Crippen LogP contribution in [0.25, 0.3) is 0 Å². The molecule has 0 saturated carbocycles. The Hall–Kier alpha value is -3.52. The Morgan fingerprint density at radius 3 is 2.43 bits per heavy atom. The van der Waals surface area contributed by atoms with Gasteiger partial charge in [0.2, 0.25) is 11.8 Å². The van der Waals surface area contributed by atoms with Crippen molar-refractivity contribution in [3.8, 4) is 11.6 Å². The minimum atomic E-state index is -0.518. The number of pyridine rings is 1. The van der Waals surface area contributed by atoms with Crippen LogP contribution in [0, 0.1) is 0 Å². The van der Waals surface area contributed by atoms with E-state index in [-0.39, 0.29) is 0 Å². The fourth-order valence-corrected chi connectivity index (χ4v) is 4.50. The van der Waals surface area contributed by atoms with Crippen molar-refractivity contribution in [2.24, 2.45) is 5.73 Å². The zero-order chi connectivity index (χ0) is 24.5. The van der Waals surface area contributed by atoms with Crippen LogP contribution < -0.4 is 10.5 Å². The molecule has 0 aliphatic carbocycles. The minimum absolute atomic E-state index is 0.343. The standard InChI is InChI=1S/C28H29N3O3S/c29-28(33)23-10-13-27(30-19-23)34-24-11-8-21(9-12-24)14-16-31(20-22-5-2-1-3-6-22)17-15-25(32)26-7-4-18-35-26/h1-13,18-19,25,32H,14-17,20H2,(H2,29,33). The van der Waals surface area contributed by atoms with Crippen LogP contribution in [0.15, 0.2) is 90.4 Å². The number of amides is 1. The van der Waals surface area contributed by atoms with E-state index in [1.54, 1.807) is 23.5 Å². The first kappa shape index (κ1) is 24.6. The Bertz CT molecular complexity index is 1180. The number of hydrogen-bond donors (Lipinski definition) is 2. The topological polar surface area (TPSA) is 88.7 Å². The van der Waals surface area contributed by atoms with E-state index in [0.29, 0.717) is 23.6 Å². The first-order chi connectivity index (χ1) is 17.1. The van der Waals surface area contributed by atoms with Crippen LogP contribution in [0.4, 0.5) is 0 Å². The molecule has 4 aromatic rings. The van der Waals surface area contributed by atoms with Gasteiger partial charge in [-0.1, -0.05) is 48.5 Å². The predicted octanol–water partition coefficient (Wildman–Crippen LogP) is 5.20. The molecule has 0 bridgehead atoms. The van der Waals surface area contributed by atoms with Crippen molar-refractivity contribution in [2.75, 3.05) is 13.1 Å². The second kappa shape index (κ2) is 12.3. The van der Waals surface area contributed by atoms with E-state index in [1.165, 1.54) is 17.3 Å². The molecule has 6 nitrogen and oxygen atoms in total. The lowest BCUT2D eigenvalue weighted by Crippen LogP contribution is -2.28. The molecule has 35 heavy (non-hydrogen) atoms. The van der Waals surface area contributed by atoms with Crippen molar-refractivity contribution in [3.05, 3.63) is 112 Å². The number of carbonyl (C=O) groups is 1. The molecule has 0 spiro atoms. The van der Waals surface area contributed by atoms with Crippen molar-refractivity contribution < 1.29 is 14.6 Å². The Kier molecular flexibility index (Phi) is 8.62. The Labute approximate surface area is 209 Å². The van der Waals surface area contributed by atoms with E-state index in [4.69, 9.17) is 10.5 Å². The molecular formula is C28H29N3O3S. The van der Waals surface area contributed by atoms with Crippen molar-refractivity contribution in [1.82, 2.24) is 9.88 Å². The van der Waals surface area contributed by atoms with Crippen LogP contribution in [-0.4, -0.2) is 34.0 Å². The molecule has 0 aliphatic heterocycles. The second-order valence-electron chi connectivity index (χ2n) is 8.33. The van der Waals surface area contributed by atoms with Crippen LogP contribution in [-0.2, 0) is 13.0 Å². The van der Waals surface area contributed by atoms with Crippen LogP contribution in [0.2, 0.25) is 0 Å². The number of aromatic nitrogens is 1. The molecule has 1 amide bonds. The number of aliphatic hydroxyl groups is 1. The molecule has 1 unspecified atom stereocenters. The Balaban J connectivity index is 1.33. The third-order valence-electron chi connectivity index (χ3n) is 5.72. The monoisotopic (exact) mass is 487 g/mol. The molecule has 7 heteroatoms. The van der Waals surface area contributed by atoms with Gasteiger partial charge in [0, 0.05) is 36.8 Å². The summed E-state index contributed by atoms with van der Waals surface area (Å²) in [4.78, 5) is 18.7. The summed E-state index contributed by atoms with van der Waals surface area (Å²) in [5, 5.41) is 12.5. The number of carbonyl (C=O) groups excluding carboxylic acids is 1. The molecular weight excluding hydrogens is 458 g/mol. The Morgan fingerprint density at radius 2 is 1.77 bits per heavy atom. The maximum atomic E-state index is 11.2. The molecule has 2 aromatic heterocycles. The third-order valence-corrected chi connectivity index (χ3v) is 6.70. The summed E-state index contributed by atoms with van der Waals surface area (Å²) in [6.45, 7) is 2.52. The summed E-state index contributed by atoms with van der Waals surface area (Å²) in [7, 11) is 0. The highest BCUT2D eigenvalue weighted by Gasteiger charge is 2.13. The molecule has 180 valence electrons. The molecule has 0 saturated heterocycles. The summed E-state index contributed by atoms with van der Waals surface area (Å²) in [6, 6.07) is 25.5.